The molecule has 2 aromatic rings. The lowest BCUT2D eigenvalue weighted by atomic mass is 10.0. The summed E-state index contributed by atoms with van der Waals surface area (Å²) in [5.41, 5.74) is 2.86. The second kappa shape index (κ2) is 5.35. The minimum absolute atomic E-state index is 0.869. The number of aromatic nitrogens is 2. The Balaban J connectivity index is 1.58. The fourth-order valence-corrected chi connectivity index (χ4v) is 3.28. The number of hydrogen-bond donors (Lipinski definition) is 0. The van der Waals surface area contributed by atoms with Crippen molar-refractivity contribution < 1.29 is 0 Å². The van der Waals surface area contributed by atoms with Crippen molar-refractivity contribution in [2.24, 2.45) is 0 Å². The summed E-state index contributed by atoms with van der Waals surface area (Å²) >= 11 is 0. The molecule has 3 heterocycles. The molecular formula is C17H20N4. The highest BCUT2D eigenvalue weighted by molar-refractivity contribution is 5.46. The number of rotatable bonds is 2. The van der Waals surface area contributed by atoms with Gasteiger partial charge in [0.15, 0.2) is 0 Å². The van der Waals surface area contributed by atoms with Crippen molar-refractivity contribution in [3.8, 4) is 0 Å². The highest BCUT2D eigenvalue weighted by atomic mass is 15.3. The molecule has 1 fully saturated rings. The maximum atomic E-state index is 4.79. The Morgan fingerprint density at radius 3 is 2.52 bits per heavy atom. The summed E-state index contributed by atoms with van der Waals surface area (Å²) in [7, 11) is 0. The predicted octanol–water partition coefficient (Wildman–Crippen LogP) is 2.64. The minimum Gasteiger partial charge on any atom is -0.356 e. The minimum atomic E-state index is 0.869. The van der Waals surface area contributed by atoms with Gasteiger partial charge in [0, 0.05) is 32.4 Å². The molecule has 4 nitrogen and oxygen atoms in total. The number of hydrogen-bond acceptors (Lipinski definition) is 4. The number of nitrogens with zero attached hydrogens (tertiary/aromatic N) is 4. The van der Waals surface area contributed by atoms with Crippen LogP contribution in [0, 0.1) is 0 Å². The van der Waals surface area contributed by atoms with Crippen molar-refractivity contribution in [3.63, 3.8) is 0 Å². The molecule has 21 heavy (non-hydrogen) atoms. The Morgan fingerprint density at radius 1 is 0.857 bits per heavy atom. The molecule has 2 aliphatic heterocycles. The van der Waals surface area contributed by atoms with Gasteiger partial charge in [0.2, 0.25) is 5.95 Å². The summed E-state index contributed by atoms with van der Waals surface area (Å²) in [5.74, 6) is 1.95. The first kappa shape index (κ1) is 12.6. The largest absolute Gasteiger partial charge is 0.356 e. The molecule has 2 aliphatic rings. The van der Waals surface area contributed by atoms with Crippen molar-refractivity contribution in [2.45, 2.75) is 25.8 Å². The Hall–Kier alpha value is -2.10. The van der Waals surface area contributed by atoms with Crippen LogP contribution in [0.25, 0.3) is 0 Å². The van der Waals surface area contributed by atoms with Crippen LogP contribution in [0.4, 0.5) is 11.8 Å². The lowest BCUT2D eigenvalue weighted by Crippen LogP contribution is -2.32. The molecule has 4 rings (SSSR count). The van der Waals surface area contributed by atoms with Gasteiger partial charge >= 0.3 is 0 Å². The van der Waals surface area contributed by atoms with Gasteiger partial charge in [-0.05, 0) is 36.5 Å². The van der Waals surface area contributed by atoms with Crippen LogP contribution < -0.4 is 9.80 Å². The van der Waals surface area contributed by atoms with E-state index in [1.165, 1.54) is 24.0 Å². The second-order valence-electron chi connectivity index (χ2n) is 5.85. The summed E-state index contributed by atoms with van der Waals surface area (Å²) < 4.78 is 0. The maximum absolute atomic E-state index is 4.79. The van der Waals surface area contributed by atoms with E-state index in [0.29, 0.717) is 0 Å². The highest BCUT2D eigenvalue weighted by Crippen LogP contribution is 2.24. The fourth-order valence-electron chi connectivity index (χ4n) is 3.28. The van der Waals surface area contributed by atoms with Crippen LogP contribution >= 0.6 is 0 Å². The van der Waals surface area contributed by atoms with Crippen molar-refractivity contribution in [2.75, 3.05) is 29.4 Å². The molecule has 4 heteroatoms. The van der Waals surface area contributed by atoms with Crippen LogP contribution in [0.1, 0.15) is 24.0 Å². The average Bonchev–Trinajstić information content (AvgIpc) is 3.09. The molecule has 0 radical (unpaired) electrons. The highest BCUT2D eigenvalue weighted by Gasteiger charge is 2.20. The van der Waals surface area contributed by atoms with Gasteiger partial charge in [0.1, 0.15) is 5.82 Å². The van der Waals surface area contributed by atoms with Gasteiger partial charge in [-0.1, -0.05) is 24.3 Å². The molecule has 1 aromatic heterocycles. The third-order valence-electron chi connectivity index (χ3n) is 4.47. The smallest absolute Gasteiger partial charge is 0.227 e. The van der Waals surface area contributed by atoms with Gasteiger partial charge in [-0.25, -0.2) is 4.98 Å². The number of benzene rings is 1. The van der Waals surface area contributed by atoms with E-state index >= 15 is 0 Å². The molecule has 1 aromatic carbocycles. The summed E-state index contributed by atoms with van der Waals surface area (Å²) in [5, 5.41) is 0. The monoisotopic (exact) mass is 280 g/mol. The van der Waals surface area contributed by atoms with E-state index in [9.17, 15) is 0 Å². The van der Waals surface area contributed by atoms with Crippen molar-refractivity contribution in [1.29, 1.82) is 0 Å². The molecule has 0 spiro atoms. The Kier molecular flexibility index (Phi) is 3.22. The third kappa shape index (κ3) is 2.46. The van der Waals surface area contributed by atoms with Crippen LogP contribution in [0.3, 0.4) is 0 Å². The van der Waals surface area contributed by atoms with Gasteiger partial charge in [0.25, 0.3) is 0 Å². The fraction of sp³-hybridized carbons (Fsp3) is 0.412. The van der Waals surface area contributed by atoms with Gasteiger partial charge in [0.05, 0.1) is 0 Å². The molecule has 0 atom stereocenters. The quantitative estimate of drug-likeness (QED) is 0.846. The van der Waals surface area contributed by atoms with Crippen molar-refractivity contribution >= 4 is 11.8 Å². The van der Waals surface area contributed by atoms with E-state index in [1.807, 2.05) is 12.3 Å². The number of fused-ring (bicyclic) bond motifs is 1. The Morgan fingerprint density at radius 2 is 1.67 bits per heavy atom. The van der Waals surface area contributed by atoms with Gasteiger partial charge in [-0.15, -0.1) is 0 Å². The maximum Gasteiger partial charge on any atom is 0.227 e. The topological polar surface area (TPSA) is 32.3 Å². The van der Waals surface area contributed by atoms with E-state index in [2.05, 4.69) is 39.0 Å². The van der Waals surface area contributed by atoms with E-state index in [0.717, 1.165) is 44.4 Å². The first-order chi connectivity index (χ1) is 10.4. The lowest BCUT2D eigenvalue weighted by Gasteiger charge is -2.29. The molecule has 0 N–H and O–H groups in total. The van der Waals surface area contributed by atoms with Crippen LogP contribution in [0.5, 0.6) is 0 Å². The van der Waals surface area contributed by atoms with Crippen LogP contribution in [-0.4, -0.2) is 29.6 Å². The normalized spacial score (nSPS) is 17.9. The standard InChI is InChI=1S/C17H20N4/c1-2-6-15-13-21(12-8-14(15)5-1)17-18-9-7-16(19-17)20-10-3-4-11-20/h1-2,5-7,9H,3-4,8,10-13H2. The van der Waals surface area contributed by atoms with Gasteiger partial charge < -0.3 is 9.80 Å². The van der Waals surface area contributed by atoms with E-state index in [1.54, 1.807) is 0 Å². The van der Waals surface area contributed by atoms with Crippen LogP contribution in [0.15, 0.2) is 36.5 Å². The van der Waals surface area contributed by atoms with E-state index < -0.39 is 0 Å². The molecule has 0 saturated carbocycles. The van der Waals surface area contributed by atoms with Crippen LogP contribution in [-0.2, 0) is 13.0 Å². The van der Waals surface area contributed by atoms with E-state index in [-0.39, 0.29) is 0 Å². The summed E-state index contributed by atoms with van der Waals surface area (Å²) in [4.78, 5) is 13.9. The molecular weight excluding hydrogens is 260 g/mol. The van der Waals surface area contributed by atoms with Crippen molar-refractivity contribution in [3.05, 3.63) is 47.7 Å². The zero-order valence-electron chi connectivity index (χ0n) is 12.2. The molecule has 0 aliphatic carbocycles. The third-order valence-corrected chi connectivity index (χ3v) is 4.47. The molecule has 0 bridgehead atoms. The SMILES string of the molecule is c1ccc2c(c1)CCN(c1nccc(N3CCCC3)n1)C2. The molecule has 0 unspecified atom stereocenters. The molecule has 108 valence electrons. The average molecular weight is 280 g/mol. The zero-order valence-corrected chi connectivity index (χ0v) is 12.2. The first-order valence-electron chi connectivity index (χ1n) is 7.80. The van der Waals surface area contributed by atoms with E-state index in [4.69, 9.17) is 4.98 Å². The van der Waals surface area contributed by atoms with Crippen molar-refractivity contribution in [1.82, 2.24) is 9.97 Å². The molecule has 1 saturated heterocycles. The van der Waals surface area contributed by atoms with Crippen LogP contribution in [0.2, 0.25) is 0 Å². The summed E-state index contributed by atoms with van der Waals surface area (Å²) in [6.07, 6.45) is 5.52. The second-order valence-corrected chi connectivity index (χ2v) is 5.85. The summed E-state index contributed by atoms with van der Waals surface area (Å²) in [6, 6.07) is 10.7. The van der Waals surface area contributed by atoms with Gasteiger partial charge in [-0.2, -0.15) is 4.98 Å². The zero-order chi connectivity index (χ0) is 14.1. The van der Waals surface area contributed by atoms with Gasteiger partial charge in [-0.3, -0.25) is 0 Å². The Bertz CT molecular complexity index is 634. The lowest BCUT2D eigenvalue weighted by molar-refractivity contribution is 0.706. The summed E-state index contributed by atoms with van der Waals surface area (Å²) in [6.45, 7) is 4.17. The Labute approximate surface area is 125 Å². The molecule has 0 amide bonds. The predicted molar refractivity (Wildman–Crippen MR) is 84.7 cm³/mol. The number of anilines is 2. The first-order valence-corrected chi connectivity index (χ1v) is 7.80.